The number of likely N-dealkylation sites (N-methyl/N-ethyl adjacent to an activating group) is 2. The Bertz CT molecular complexity index is 1870. The lowest BCUT2D eigenvalue weighted by atomic mass is 9.86. The SMILES string of the molecule is CC(F)Oc1ccc(OC(F)F)c(-c2nn(Cc3nnn([C@H]4C[C@@H](N(C)CCN(C)C)C4)n3)cc2NC(=O)c2cnn3cccnc23)c1. The van der Waals surface area contributed by atoms with Crippen LogP contribution >= 0.6 is 0 Å². The standard InChI is InChI=1S/C30H35F3N12O3/c1-18(31)47-21-6-7-25(48-30(32)33)22(14-21)27-24(36-29(46)23-15-35-44-9-5-8-34-28(23)44)16-43(39-27)17-26-37-40-45(38-26)20-12-19(13-20)42(4)11-10-41(2)3/h5-9,14-16,18-20,30H,10-13,17H2,1-4H3,(H,36,46)/t18?,19-,20+. The molecule has 1 saturated carbocycles. The number of rotatable bonds is 14. The number of alkyl halides is 3. The molecule has 0 saturated heterocycles. The molecule has 1 N–H and O–H groups in total. The number of benzene rings is 1. The Kier molecular flexibility index (Phi) is 9.54. The summed E-state index contributed by atoms with van der Waals surface area (Å²) in [6.45, 7) is -0.0145. The van der Waals surface area contributed by atoms with Gasteiger partial charge in [-0.3, -0.25) is 9.48 Å². The minimum atomic E-state index is -3.17. The highest BCUT2D eigenvalue weighted by Crippen LogP contribution is 2.38. The third-order valence-electron chi connectivity index (χ3n) is 7.97. The Morgan fingerprint density at radius 3 is 2.69 bits per heavy atom. The summed E-state index contributed by atoms with van der Waals surface area (Å²) in [7, 11) is 6.21. The maximum Gasteiger partial charge on any atom is 0.387 e. The molecule has 0 spiro atoms. The molecule has 6 rings (SSSR count). The number of tetrazole rings is 1. The summed E-state index contributed by atoms with van der Waals surface area (Å²) in [4.78, 5) is 23.8. The number of fused-ring (bicyclic) bond motifs is 1. The minimum absolute atomic E-state index is 0.0241. The molecule has 4 aromatic heterocycles. The number of nitrogens with zero attached hydrogens (tertiary/aromatic N) is 11. The lowest BCUT2D eigenvalue weighted by Gasteiger charge is -2.40. The number of aromatic nitrogens is 9. The third kappa shape index (κ3) is 7.38. The molecular formula is C30H35F3N12O3. The number of carbonyl (C=O) groups excluding carboxylic acids is 1. The predicted octanol–water partition coefficient (Wildman–Crippen LogP) is 3.37. The highest BCUT2D eigenvalue weighted by Gasteiger charge is 2.35. The lowest BCUT2D eigenvalue weighted by molar-refractivity contribution is -0.0495. The van der Waals surface area contributed by atoms with Crippen molar-refractivity contribution in [2.75, 3.05) is 39.5 Å². The summed E-state index contributed by atoms with van der Waals surface area (Å²) in [5, 5.41) is 24.5. The monoisotopic (exact) mass is 668 g/mol. The first-order chi connectivity index (χ1) is 23.0. The molecule has 5 aromatic rings. The number of halogens is 3. The van der Waals surface area contributed by atoms with Gasteiger partial charge in [-0.1, -0.05) is 0 Å². The Morgan fingerprint density at radius 2 is 1.94 bits per heavy atom. The number of hydrogen-bond donors (Lipinski definition) is 1. The molecule has 1 unspecified atom stereocenters. The van der Waals surface area contributed by atoms with Crippen LogP contribution in [-0.4, -0.2) is 114 Å². The van der Waals surface area contributed by atoms with E-state index in [2.05, 4.69) is 52.8 Å². The molecule has 1 atom stereocenters. The summed E-state index contributed by atoms with van der Waals surface area (Å²) in [5.41, 5.74) is 0.680. The van der Waals surface area contributed by atoms with Crippen molar-refractivity contribution in [3.63, 3.8) is 0 Å². The molecule has 0 bridgehead atoms. The fourth-order valence-electron chi connectivity index (χ4n) is 5.39. The normalized spacial score (nSPS) is 16.9. The summed E-state index contributed by atoms with van der Waals surface area (Å²) < 4.78 is 53.4. The highest BCUT2D eigenvalue weighted by atomic mass is 19.3. The zero-order valence-electron chi connectivity index (χ0n) is 26.7. The second kappa shape index (κ2) is 13.9. The maximum atomic E-state index is 13.7. The second-order valence-electron chi connectivity index (χ2n) is 11.8. The van der Waals surface area contributed by atoms with E-state index in [0.29, 0.717) is 17.5 Å². The van der Waals surface area contributed by atoms with E-state index in [4.69, 9.17) is 9.47 Å². The van der Waals surface area contributed by atoms with E-state index >= 15 is 0 Å². The topological polar surface area (TPSA) is 146 Å². The van der Waals surface area contributed by atoms with E-state index in [-0.39, 0.29) is 46.6 Å². The third-order valence-corrected chi connectivity index (χ3v) is 7.97. The van der Waals surface area contributed by atoms with E-state index in [9.17, 15) is 18.0 Å². The van der Waals surface area contributed by atoms with Crippen LogP contribution in [0.15, 0.2) is 49.1 Å². The Labute approximate surface area is 273 Å². The summed E-state index contributed by atoms with van der Waals surface area (Å²) in [6, 6.07) is 6.03. The van der Waals surface area contributed by atoms with Gasteiger partial charge in [0.25, 0.3) is 5.91 Å². The largest absolute Gasteiger partial charge is 0.461 e. The highest BCUT2D eigenvalue weighted by molar-refractivity contribution is 6.09. The van der Waals surface area contributed by atoms with Gasteiger partial charge in [0.05, 0.1) is 23.5 Å². The fraction of sp³-hybridized carbons (Fsp3) is 0.433. The lowest BCUT2D eigenvalue weighted by Crippen LogP contribution is -2.46. The number of amides is 1. The van der Waals surface area contributed by atoms with Crippen LogP contribution in [0.4, 0.5) is 18.9 Å². The van der Waals surface area contributed by atoms with E-state index in [1.165, 1.54) is 52.9 Å². The molecule has 1 fully saturated rings. The fourth-order valence-corrected chi connectivity index (χ4v) is 5.39. The van der Waals surface area contributed by atoms with E-state index < -0.39 is 18.9 Å². The van der Waals surface area contributed by atoms with Gasteiger partial charge in [0.15, 0.2) is 11.5 Å². The predicted molar refractivity (Wildman–Crippen MR) is 167 cm³/mol. The van der Waals surface area contributed by atoms with Crippen LogP contribution in [0.2, 0.25) is 0 Å². The summed E-state index contributed by atoms with van der Waals surface area (Å²) in [5.74, 6) is -0.451. The smallest absolute Gasteiger partial charge is 0.387 e. The van der Waals surface area contributed by atoms with Gasteiger partial charge in [-0.2, -0.15) is 23.8 Å². The molecular weight excluding hydrogens is 633 g/mol. The molecule has 18 heteroatoms. The quantitative estimate of drug-likeness (QED) is 0.186. The van der Waals surface area contributed by atoms with Crippen molar-refractivity contribution in [1.82, 2.24) is 54.4 Å². The van der Waals surface area contributed by atoms with Crippen molar-refractivity contribution >= 4 is 17.2 Å². The van der Waals surface area contributed by atoms with Crippen molar-refractivity contribution < 1.29 is 27.4 Å². The number of anilines is 1. The molecule has 48 heavy (non-hydrogen) atoms. The van der Waals surface area contributed by atoms with Crippen molar-refractivity contribution in [2.45, 2.75) is 51.4 Å². The van der Waals surface area contributed by atoms with Crippen molar-refractivity contribution in [3.05, 3.63) is 60.4 Å². The van der Waals surface area contributed by atoms with Gasteiger partial charge in [0.2, 0.25) is 6.36 Å². The van der Waals surface area contributed by atoms with E-state index in [1.807, 2.05) is 14.1 Å². The average Bonchev–Trinajstić information content (AvgIpc) is 3.75. The molecule has 4 heterocycles. The van der Waals surface area contributed by atoms with Crippen molar-refractivity contribution in [1.29, 1.82) is 0 Å². The van der Waals surface area contributed by atoms with Crippen LogP contribution in [0.3, 0.4) is 0 Å². The van der Waals surface area contributed by atoms with Crippen molar-refractivity contribution in [3.8, 4) is 22.8 Å². The van der Waals surface area contributed by atoms with Crippen LogP contribution in [0.5, 0.6) is 11.5 Å². The van der Waals surface area contributed by atoms with E-state index in [0.717, 1.165) is 25.9 Å². The Morgan fingerprint density at radius 1 is 1.12 bits per heavy atom. The van der Waals surface area contributed by atoms with Gasteiger partial charge in [-0.25, -0.2) is 13.9 Å². The zero-order chi connectivity index (χ0) is 33.9. The van der Waals surface area contributed by atoms with Gasteiger partial charge < -0.3 is 24.6 Å². The number of ether oxygens (including phenoxy) is 2. The Balaban J connectivity index is 1.28. The molecule has 1 aliphatic carbocycles. The molecule has 0 aliphatic heterocycles. The minimum Gasteiger partial charge on any atom is -0.461 e. The van der Waals surface area contributed by atoms with Crippen LogP contribution in [0, 0.1) is 0 Å². The summed E-state index contributed by atoms with van der Waals surface area (Å²) >= 11 is 0. The van der Waals surface area contributed by atoms with E-state index in [1.54, 1.807) is 17.1 Å². The number of nitrogens with one attached hydrogen (secondary N) is 1. The maximum absolute atomic E-state index is 13.7. The van der Waals surface area contributed by atoms with Crippen molar-refractivity contribution in [2.24, 2.45) is 0 Å². The first-order valence-electron chi connectivity index (χ1n) is 15.2. The molecule has 15 nitrogen and oxygen atoms in total. The first-order valence-corrected chi connectivity index (χ1v) is 15.2. The number of hydrogen-bond acceptors (Lipinski definition) is 11. The molecule has 254 valence electrons. The van der Waals surface area contributed by atoms with Gasteiger partial charge in [0.1, 0.15) is 29.3 Å². The second-order valence-corrected chi connectivity index (χ2v) is 11.8. The van der Waals surface area contributed by atoms with Gasteiger partial charge in [-0.15, -0.1) is 10.2 Å². The van der Waals surface area contributed by atoms with Gasteiger partial charge >= 0.3 is 6.61 Å². The van der Waals surface area contributed by atoms with Gasteiger partial charge in [-0.05, 0) is 63.5 Å². The van der Waals surface area contributed by atoms with Crippen LogP contribution < -0.4 is 14.8 Å². The molecule has 0 radical (unpaired) electrons. The van der Waals surface area contributed by atoms with Crippen LogP contribution in [0.25, 0.3) is 16.9 Å². The molecule has 1 aliphatic rings. The van der Waals surface area contributed by atoms with Crippen LogP contribution in [0.1, 0.15) is 42.0 Å². The average molecular weight is 669 g/mol. The molecule has 1 amide bonds. The Hall–Kier alpha value is -5.10. The van der Waals surface area contributed by atoms with Crippen LogP contribution in [-0.2, 0) is 6.54 Å². The first kappa shape index (κ1) is 32.8. The summed E-state index contributed by atoms with van der Waals surface area (Å²) in [6.07, 6.45) is 6.13. The zero-order valence-corrected chi connectivity index (χ0v) is 26.7. The molecule has 1 aromatic carbocycles. The van der Waals surface area contributed by atoms with Gasteiger partial charge in [0, 0.05) is 44.6 Å². The number of carbonyl (C=O) groups is 1.